The van der Waals surface area contributed by atoms with Crippen molar-refractivity contribution >= 4 is 40.9 Å². The van der Waals surface area contributed by atoms with E-state index in [0.29, 0.717) is 27.2 Å². The number of nitrogens with one attached hydrogen (secondary N) is 1. The van der Waals surface area contributed by atoms with Gasteiger partial charge in [-0.25, -0.2) is 0 Å². The largest absolute Gasteiger partial charge is 0.342 e. The van der Waals surface area contributed by atoms with Crippen LogP contribution in [-0.4, -0.2) is 20.7 Å². The molecule has 2 aromatic carbocycles. The Hall–Kier alpha value is -2.02. The van der Waals surface area contributed by atoms with Gasteiger partial charge in [-0.1, -0.05) is 58.7 Å². The van der Waals surface area contributed by atoms with Gasteiger partial charge in [0.25, 0.3) is 5.91 Å². The van der Waals surface area contributed by atoms with Gasteiger partial charge in [0.2, 0.25) is 0 Å². The van der Waals surface area contributed by atoms with Crippen LogP contribution in [0.15, 0.2) is 47.6 Å². The molecule has 0 saturated carbocycles. The number of carbonyl (C=O) groups excluding carboxylic acids is 1. The molecule has 1 amide bonds. The third-order valence-corrected chi connectivity index (χ3v) is 6.10. The van der Waals surface area contributed by atoms with E-state index in [9.17, 15) is 4.79 Å². The normalized spacial score (nSPS) is 12.0. The number of hydrogen-bond acceptors (Lipinski definition) is 4. The fraction of sp³-hybridized carbons (Fsp3) is 0.250. The fourth-order valence-corrected chi connectivity index (χ4v) is 3.84. The zero-order chi connectivity index (χ0) is 20.3. The van der Waals surface area contributed by atoms with Crippen molar-refractivity contribution in [3.05, 3.63) is 75.0 Å². The summed E-state index contributed by atoms with van der Waals surface area (Å²) in [6.07, 6.45) is 0. The summed E-state index contributed by atoms with van der Waals surface area (Å²) in [5.74, 6) is 1.24. The summed E-state index contributed by atoms with van der Waals surface area (Å²) in [4.78, 5) is 12.4. The summed E-state index contributed by atoms with van der Waals surface area (Å²) >= 11 is 13.6. The van der Waals surface area contributed by atoms with Crippen LogP contribution in [0.5, 0.6) is 0 Å². The van der Waals surface area contributed by atoms with Crippen LogP contribution in [0.4, 0.5) is 0 Å². The number of amides is 1. The second-order valence-electron chi connectivity index (χ2n) is 6.50. The predicted octanol–water partition coefficient (Wildman–Crippen LogP) is 5.21. The first kappa shape index (κ1) is 20.7. The van der Waals surface area contributed by atoms with Gasteiger partial charge in [0.1, 0.15) is 0 Å². The molecule has 1 N–H and O–H groups in total. The van der Waals surface area contributed by atoms with Crippen LogP contribution in [0.3, 0.4) is 0 Å². The Bertz CT molecular complexity index is 988. The van der Waals surface area contributed by atoms with Gasteiger partial charge < -0.3 is 9.88 Å². The molecule has 0 bridgehead atoms. The second kappa shape index (κ2) is 8.99. The molecule has 3 aromatic rings. The number of halogens is 2. The van der Waals surface area contributed by atoms with Gasteiger partial charge in [-0.3, -0.25) is 4.79 Å². The van der Waals surface area contributed by atoms with Crippen LogP contribution in [0.1, 0.15) is 40.3 Å². The molecule has 3 rings (SSSR count). The monoisotopic (exact) mass is 434 g/mol. The third-order valence-electron chi connectivity index (χ3n) is 4.27. The zero-order valence-corrected chi connectivity index (χ0v) is 18.1. The maximum atomic E-state index is 12.4. The van der Waals surface area contributed by atoms with Gasteiger partial charge in [-0.05, 0) is 43.7 Å². The number of aromatic nitrogens is 3. The summed E-state index contributed by atoms with van der Waals surface area (Å²) in [6.45, 7) is 3.88. The highest BCUT2D eigenvalue weighted by molar-refractivity contribution is 7.98. The summed E-state index contributed by atoms with van der Waals surface area (Å²) in [6, 6.07) is 12.7. The molecule has 28 heavy (non-hydrogen) atoms. The number of thioether (sulfide) groups is 1. The summed E-state index contributed by atoms with van der Waals surface area (Å²) in [5.41, 5.74) is 2.78. The molecule has 0 aliphatic carbocycles. The Kier molecular flexibility index (Phi) is 6.65. The Morgan fingerprint density at radius 1 is 1.14 bits per heavy atom. The molecule has 0 saturated heterocycles. The summed E-state index contributed by atoms with van der Waals surface area (Å²) < 4.78 is 1.89. The molecule has 146 valence electrons. The van der Waals surface area contributed by atoms with Gasteiger partial charge >= 0.3 is 0 Å². The van der Waals surface area contributed by atoms with E-state index >= 15 is 0 Å². The average molecular weight is 435 g/mol. The van der Waals surface area contributed by atoms with E-state index < -0.39 is 0 Å². The van der Waals surface area contributed by atoms with Crippen LogP contribution < -0.4 is 5.32 Å². The molecule has 0 unspecified atom stereocenters. The number of rotatable bonds is 6. The van der Waals surface area contributed by atoms with E-state index in [2.05, 4.69) is 15.5 Å². The van der Waals surface area contributed by atoms with Gasteiger partial charge in [0, 0.05) is 18.4 Å². The number of hydrogen-bond donors (Lipinski definition) is 1. The molecular weight excluding hydrogens is 415 g/mol. The van der Waals surface area contributed by atoms with Crippen molar-refractivity contribution in [3.8, 4) is 0 Å². The average Bonchev–Trinajstić information content (AvgIpc) is 3.04. The van der Waals surface area contributed by atoms with Crippen molar-refractivity contribution in [2.45, 2.75) is 30.8 Å². The number of nitrogens with zero attached hydrogens (tertiary/aromatic N) is 3. The molecular formula is C20H20Cl2N4OS. The van der Waals surface area contributed by atoms with E-state index in [0.717, 1.165) is 16.3 Å². The van der Waals surface area contributed by atoms with Crippen LogP contribution in [0.2, 0.25) is 10.0 Å². The molecule has 1 atom stereocenters. The molecule has 0 spiro atoms. The standard InChI is InChI=1S/C20H20Cl2N4OS/c1-12-4-7-15(8-5-12)19(27)23-13(2)18-24-25-20(26(18)3)28-11-14-6-9-16(21)17(22)10-14/h4-10,13H,11H2,1-3H3,(H,23,27)/t13-/m1/s1. The first-order valence-electron chi connectivity index (χ1n) is 8.68. The highest BCUT2D eigenvalue weighted by Gasteiger charge is 2.18. The van der Waals surface area contributed by atoms with E-state index in [1.165, 1.54) is 0 Å². The minimum atomic E-state index is -0.273. The highest BCUT2D eigenvalue weighted by atomic mass is 35.5. The third kappa shape index (κ3) is 4.87. The number of benzene rings is 2. The molecule has 1 aromatic heterocycles. The predicted molar refractivity (Wildman–Crippen MR) is 114 cm³/mol. The molecule has 0 aliphatic rings. The summed E-state index contributed by atoms with van der Waals surface area (Å²) in [5, 5.41) is 13.3. The van der Waals surface area contributed by atoms with Gasteiger partial charge in [-0.15, -0.1) is 10.2 Å². The Labute approximate surface area is 178 Å². The van der Waals surface area contributed by atoms with E-state index in [-0.39, 0.29) is 11.9 Å². The Balaban J connectivity index is 1.65. The summed E-state index contributed by atoms with van der Waals surface area (Å²) in [7, 11) is 1.89. The smallest absolute Gasteiger partial charge is 0.251 e. The van der Waals surface area contributed by atoms with Crippen molar-refractivity contribution in [2.75, 3.05) is 0 Å². The molecule has 5 nitrogen and oxygen atoms in total. The molecule has 0 fully saturated rings. The van der Waals surface area contributed by atoms with Crippen LogP contribution in [0, 0.1) is 6.92 Å². The van der Waals surface area contributed by atoms with E-state index in [4.69, 9.17) is 23.2 Å². The van der Waals surface area contributed by atoms with Crippen molar-refractivity contribution in [1.29, 1.82) is 0 Å². The number of carbonyl (C=O) groups is 1. The minimum Gasteiger partial charge on any atom is -0.342 e. The zero-order valence-electron chi connectivity index (χ0n) is 15.7. The highest BCUT2D eigenvalue weighted by Crippen LogP contribution is 2.27. The Morgan fingerprint density at radius 3 is 2.54 bits per heavy atom. The minimum absolute atomic E-state index is 0.138. The lowest BCUT2D eigenvalue weighted by Crippen LogP contribution is -2.28. The van der Waals surface area contributed by atoms with Gasteiger partial charge in [0.05, 0.1) is 16.1 Å². The second-order valence-corrected chi connectivity index (χ2v) is 8.26. The maximum Gasteiger partial charge on any atom is 0.251 e. The first-order valence-corrected chi connectivity index (χ1v) is 10.4. The van der Waals surface area contributed by atoms with Gasteiger partial charge in [-0.2, -0.15) is 0 Å². The maximum absolute atomic E-state index is 12.4. The lowest BCUT2D eigenvalue weighted by atomic mass is 10.1. The molecule has 8 heteroatoms. The molecule has 0 radical (unpaired) electrons. The topological polar surface area (TPSA) is 59.8 Å². The van der Waals surface area contributed by atoms with Crippen LogP contribution in [-0.2, 0) is 12.8 Å². The van der Waals surface area contributed by atoms with Crippen molar-refractivity contribution in [3.63, 3.8) is 0 Å². The quantitative estimate of drug-likeness (QED) is 0.540. The number of aryl methyl sites for hydroxylation is 1. The SMILES string of the molecule is Cc1ccc(C(=O)N[C@H](C)c2nnc(SCc3ccc(Cl)c(Cl)c3)n2C)cc1. The molecule has 1 heterocycles. The Morgan fingerprint density at radius 2 is 1.86 bits per heavy atom. The van der Waals surface area contributed by atoms with Crippen molar-refractivity contribution in [2.24, 2.45) is 7.05 Å². The van der Waals surface area contributed by atoms with E-state index in [1.54, 1.807) is 17.8 Å². The molecule has 0 aliphatic heterocycles. The van der Waals surface area contributed by atoms with Crippen LogP contribution >= 0.6 is 35.0 Å². The lowest BCUT2D eigenvalue weighted by Gasteiger charge is -2.14. The fourth-order valence-electron chi connectivity index (χ4n) is 2.66. The van der Waals surface area contributed by atoms with Crippen molar-refractivity contribution < 1.29 is 4.79 Å². The van der Waals surface area contributed by atoms with Gasteiger partial charge in [0.15, 0.2) is 11.0 Å². The van der Waals surface area contributed by atoms with E-state index in [1.807, 2.05) is 61.9 Å². The lowest BCUT2D eigenvalue weighted by molar-refractivity contribution is 0.0937. The van der Waals surface area contributed by atoms with Crippen LogP contribution in [0.25, 0.3) is 0 Å². The first-order chi connectivity index (χ1) is 13.3. The van der Waals surface area contributed by atoms with Crippen molar-refractivity contribution in [1.82, 2.24) is 20.1 Å².